The Bertz CT molecular complexity index is 399. The van der Waals surface area contributed by atoms with Crippen LogP contribution in [0, 0.1) is 17.8 Å². The van der Waals surface area contributed by atoms with Gasteiger partial charge >= 0.3 is 0 Å². The summed E-state index contributed by atoms with van der Waals surface area (Å²) < 4.78 is 0. The number of hydrogen-bond donors (Lipinski definition) is 1. The SMILES string of the molecule is CCC1CCCC(C(O)C2CC2c2ccccc2)C1. The van der Waals surface area contributed by atoms with Crippen molar-refractivity contribution in [3.8, 4) is 0 Å². The quantitative estimate of drug-likeness (QED) is 0.850. The molecule has 104 valence electrons. The summed E-state index contributed by atoms with van der Waals surface area (Å²) in [5.74, 6) is 2.58. The first kappa shape index (κ1) is 13.2. The summed E-state index contributed by atoms with van der Waals surface area (Å²) in [4.78, 5) is 0. The van der Waals surface area contributed by atoms with Crippen molar-refractivity contribution in [2.24, 2.45) is 17.8 Å². The molecule has 0 aliphatic heterocycles. The first-order chi connectivity index (χ1) is 9.29. The Morgan fingerprint density at radius 2 is 1.95 bits per heavy atom. The van der Waals surface area contributed by atoms with Crippen molar-refractivity contribution in [2.75, 3.05) is 0 Å². The van der Waals surface area contributed by atoms with Crippen LogP contribution >= 0.6 is 0 Å². The van der Waals surface area contributed by atoms with Crippen LogP contribution in [0.5, 0.6) is 0 Å². The fraction of sp³-hybridized carbons (Fsp3) is 0.667. The van der Waals surface area contributed by atoms with Crippen LogP contribution in [0.25, 0.3) is 0 Å². The number of aliphatic hydroxyl groups excluding tert-OH is 1. The molecule has 2 fully saturated rings. The van der Waals surface area contributed by atoms with Gasteiger partial charge in [-0.15, -0.1) is 0 Å². The van der Waals surface area contributed by atoms with Crippen LogP contribution in [-0.2, 0) is 0 Å². The van der Waals surface area contributed by atoms with Gasteiger partial charge in [-0.3, -0.25) is 0 Å². The monoisotopic (exact) mass is 258 g/mol. The molecule has 3 rings (SSSR count). The molecule has 0 heterocycles. The van der Waals surface area contributed by atoms with Crippen molar-refractivity contribution in [2.45, 2.75) is 57.5 Å². The molecule has 5 atom stereocenters. The zero-order valence-corrected chi connectivity index (χ0v) is 12.0. The number of hydrogen-bond acceptors (Lipinski definition) is 1. The van der Waals surface area contributed by atoms with E-state index in [9.17, 15) is 5.11 Å². The molecule has 5 unspecified atom stereocenters. The van der Waals surface area contributed by atoms with E-state index in [2.05, 4.69) is 37.3 Å². The van der Waals surface area contributed by atoms with Crippen molar-refractivity contribution in [3.63, 3.8) is 0 Å². The molecule has 19 heavy (non-hydrogen) atoms. The minimum absolute atomic E-state index is 0.0560. The normalized spacial score (nSPS) is 35.9. The lowest BCUT2D eigenvalue weighted by Gasteiger charge is -2.32. The van der Waals surface area contributed by atoms with Crippen LogP contribution < -0.4 is 0 Å². The summed E-state index contributed by atoms with van der Waals surface area (Å²) in [6, 6.07) is 10.7. The largest absolute Gasteiger partial charge is 0.393 e. The molecule has 0 saturated heterocycles. The minimum Gasteiger partial charge on any atom is -0.393 e. The average molecular weight is 258 g/mol. The van der Waals surface area contributed by atoms with Gasteiger partial charge in [0, 0.05) is 0 Å². The molecule has 1 aromatic rings. The average Bonchev–Trinajstić information content (AvgIpc) is 3.28. The molecule has 2 saturated carbocycles. The van der Waals surface area contributed by atoms with Gasteiger partial charge in [0.05, 0.1) is 6.10 Å². The second kappa shape index (κ2) is 5.66. The van der Waals surface area contributed by atoms with Gasteiger partial charge in [0.2, 0.25) is 0 Å². The van der Waals surface area contributed by atoms with Crippen molar-refractivity contribution >= 4 is 0 Å². The van der Waals surface area contributed by atoms with E-state index < -0.39 is 0 Å². The lowest BCUT2D eigenvalue weighted by atomic mass is 9.76. The van der Waals surface area contributed by atoms with E-state index in [-0.39, 0.29) is 6.10 Å². The smallest absolute Gasteiger partial charge is 0.0602 e. The maximum Gasteiger partial charge on any atom is 0.0602 e. The Labute approximate surface area is 117 Å². The molecular weight excluding hydrogens is 232 g/mol. The first-order valence-electron chi connectivity index (χ1n) is 8.02. The highest BCUT2D eigenvalue weighted by Gasteiger charge is 2.46. The van der Waals surface area contributed by atoms with E-state index in [0.717, 1.165) is 5.92 Å². The van der Waals surface area contributed by atoms with Gasteiger partial charge in [0.25, 0.3) is 0 Å². The third-order valence-corrected chi connectivity index (χ3v) is 5.39. The lowest BCUT2D eigenvalue weighted by Crippen LogP contribution is -2.28. The molecule has 2 aliphatic carbocycles. The number of rotatable bonds is 4. The number of aliphatic hydroxyl groups is 1. The molecule has 0 amide bonds. The summed E-state index contributed by atoms with van der Waals surface area (Å²) in [5.41, 5.74) is 1.43. The van der Waals surface area contributed by atoms with E-state index in [4.69, 9.17) is 0 Å². The zero-order chi connectivity index (χ0) is 13.2. The van der Waals surface area contributed by atoms with Crippen molar-refractivity contribution in [1.29, 1.82) is 0 Å². The predicted octanol–water partition coefficient (Wildman–Crippen LogP) is 4.37. The fourth-order valence-electron chi connectivity index (χ4n) is 4.04. The highest BCUT2D eigenvalue weighted by Crippen LogP contribution is 2.52. The fourth-order valence-corrected chi connectivity index (χ4v) is 4.04. The van der Waals surface area contributed by atoms with E-state index in [1.807, 2.05) is 0 Å². The van der Waals surface area contributed by atoms with Gasteiger partial charge in [-0.1, -0.05) is 56.5 Å². The molecule has 1 aromatic carbocycles. The Balaban J connectivity index is 1.59. The topological polar surface area (TPSA) is 20.2 Å². The zero-order valence-electron chi connectivity index (χ0n) is 12.0. The molecular formula is C18H26O. The van der Waals surface area contributed by atoms with Crippen LogP contribution in [0.1, 0.15) is 56.9 Å². The highest BCUT2D eigenvalue weighted by molar-refractivity contribution is 5.26. The highest BCUT2D eigenvalue weighted by atomic mass is 16.3. The minimum atomic E-state index is -0.0560. The third-order valence-electron chi connectivity index (χ3n) is 5.39. The van der Waals surface area contributed by atoms with Gasteiger partial charge in [-0.2, -0.15) is 0 Å². The molecule has 0 aromatic heterocycles. The Kier molecular flexibility index (Phi) is 3.93. The van der Waals surface area contributed by atoms with Crippen LogP contribution in [0.15, 0.2) is 30.3 Å². The summed E-state index contributed by atoms with van der Waals surface area (Å²) >= 11 is 0. The van der Waals surface area contributed by atoms with Gasteiger partial charge in [-0.25, -0.2) is 0 Å². The van der Waals surface area contributed by atoms with Crippen LogP contribution in [0.2, 0.25) is 0 Å². The standard InChI is InChI=1S/C18H26O/c1-2-13-7-6-10-15(11-13)18(19)17-12-16(17)14-8-4-3-5-9-14/h3-5,8-9,13,15-19H,2,6-7,10-12H2,1H3. The van der Waals surface area contributed by atoms with Crippen LogP contribution in [0.4, 0.5) is 0 Å². The molecule has 1 N–H and O–H groups in total. The van der Waals surface area contributed by atoms with Crippen LogP contribution in [-0.4, -0.2) is 11.2 Å². The molecule has 0 bridgehead atoms. The third kappa shape index (κ3) is 2.86. The summed E-state index contributed by atoms with van der Waals surface area (Å²) in [7, 11) is 0. The van der Waals surface area contributed by atoms with Crippen molar-refractivity contribution in [3.05, 3.63) is 35.9 Å². The second-order valence-corrected chi connectivity index (χ2v) is 6.61. The molecule has 1 nitrogen and oxygen atoms in total. The van der Waals surface area contributed by atoms with Gasteiger partial charge < -0.3 is 5.11 Å². The van der Waals surface area contributed by atoms with E-state index >= 15 is 0 Å². The molecule has 2 aliphatic rings. The van der Waals surface area contributed by atoms with Gasteiger partial charge in [0.1, 0.15) is 0 Å². The van der Waals surface area contributed by atoms with Gasteiger partial charge in [-0.05, 0) is 48.5 Å². The Hall–Kier alpha value is -0.820. The van der Waals surface area contributed by atoms with Crippen molar-refractivity contribution < 1.29 is 5.11 Å². The first-order valence-corrected chi connectivity index (χ1v) is 8.02. The van der Waals surface area contributed by atoms with E-state index in [1.54, 1.807) is 0 Å². The lowest BCUT2D eigenvalue weighted by molar-refractivity contribution is 0.0497. The Morgan fingerprint density at radius 1 is 1.16 bits per heavy atom. The van der Waals surface area contributed by atoms with Crippen molar-refractivity contribution in [1.82, 2.24) is 0 Å². The second-order valence-electron chi connectivity index (χ2n) is 6.61. The summed E-state index contributed by atoms with van der Waals surface area (Å²) in [6.07, 6.45) is 7.63. The number of benzene rings is 1. The summed E-state index contributed by atoms with van der Waals surface area (Å²) in [5, 5.41) is 10.7. The van der Waals surface area contributed by atoms with E-state index in [1.165, 1.54) is 44.1 Å². The summed E-state index contributed by atoms with van der Waals surface area (Å²) in [6.45, 7) is 2.29. The maximum atomic E-state index is 10.7. The predicted molar refractivity (Wildman–Crippen MR) is 79.0 cm³/mol. The van der Waals surface area contributed by atoms with E-state index in [0.29, 0.717) is 17.8 Å². The maximum absolute atomic E-state index is 10.7. The van der Waals surface area contributed by atoms with Crippen LogP contribution in [0.3, 0.4) is 0 Å². The van der Waals surface area contributed by atoms with Gasteiger partial charge in [0.15, 0.2) is 0 Å². The molecule has 0 spiro atoms. The molecule has 1 heteroatoms. The Morgan fingerprint density at radius 3 is 2.68 bits per heavy atom. The molecule has 0 radical (unpaired) electrons.